The highest BCUT2D eigenvalue weighted by Gasteiger charge is 2.13. The van der Waals surface area contributed by atoms with E-state index in [-0.39, 0.29) is 13.2 Å². The quantitative estimate of drug-likeness (QED) is 0.292. The van der Waals surface area contributed by atoms with E-state index in [4.69, 9.17) is 25.4 Å². The predicted molar refractivity (Wildman–Crippen MR) is 123 cm³/mol. The fourth-order valence-corrected chi connectivity index (χ4v) is 3.10. The van der Waals surface area contributed by atoms with Gasteiger partial charge in [0.2, 0.25) is 0 Å². The van der Waals surface area contributed by atoms with Crippen molar-refractivity contribution in [3.8, 4) is 35.3 Å². The van der Waals surface area contributed by atoms with E-state index >= 15 is 0 Å². The van der Waals surface area contributed by atoms with Gasteiger partial charge in [0.25, 0.3) is 11.8 Å². The lowest BCUT2D eigenvalue weighted by atomic mass is 10.2. The van der Waals surface area contributed by atoms with Crippen LogP contribution in [-0.2, 0) is 4.79 Å². The lowest BCUT2D eigenvalue weighted by molar-refractivity contribution is -0.120. The molecule has 2 N–H and O–H groups in total. The van der Waals surface area contributed by atoms with Crippen molar-refractivity contribution in [2.24, 2.45) is 5.10 Å². The Labute approximate surface area is 194 Å². The van der Waals surface area contributed by atoms with Crippen LogP contribution < -0.4 is 29.7 Å². The van der Waals surface area contributed by atoms with Crippen LogP contribution in [0.1, 0.15) is 15.9 Å². The Hall–Kier alpha value is -3.71. The Morgan fingerprint density at radius 3 is 2.47 bits per heavy atom. The molecule has 2 amide bonds. The van der Waals surface area contributed by atoms with E-state index in [1.165, 1.54) is 33.6 Å². The van der Waals surface area contributed by atoms with Gasteiger partial charge in [0.1, 0.15) is 6.61 Å². The Bertz CT molecular complexity index is 1050. The van der Waals surface area contributed by atoms with E-state index < -0.39 is 11.8 Å². The molecule has 0 saturated heterocycles. The molecule has 9 nitrogen and oxygen atoms in total. The van der Waals surface area contributed by atoms with Gasteiger partial charge in [-0.3, -0.25) is 9.59 Å². The minimum atomic E-state index is -0.505. The van der Waals surface area contributed by atoms with Crippen molar-refractivity contribution >= 4 is 34.0 Å². The molecule has 168 valence electrons. The van der Waals surface area contributed by atoms with Crippen LogP contribution in [-0.4, -0.2) is 52.5 Å². The predicted octanol–water partition coefficient (Wildman–Crippen LogP) is 2.37. The van der Waals surface area contributed by atoms with Crippen LogP contribution in [0.3, 0.4) is 0 Å². The number of methoxy groups -OCH3 is 3. The van der Waals surface area contributed by atoms with Gasteiger partial charge >= 0.3 is 0 Å². The second-order valence-electron chi connectivity index (χ2n) is 6.07. The molecule has 0 aliphatic rings. The molecule has 2 aromatic rings. The Morgan fingerprint density at radius 2 is 1.81 bits per heavy atom. The van der Waals surface area contributed by atoms with E-state index in [9.17, 15) is 9.59 Å². The third kappa shape index (κ3) is 6.65. The van der Waals surface area contributed by atoms with Crippen molar-refractivity contribution in [1.82, 2.24) is 10.7 Å². The van der Waals surface area contributed by atoms with Gasteiger partial charge in [-0.15, -0.1) is 6.42 Å². The van der Waals surface area contributed by atoms with Gasteiger partial charge in [-0.05, 0) is 51.8 Å². The number of nitrogens with one attached hydrogen (secondary N) is 2. The first-order chi connectivity index (χ1) is 15.4. The smallest absolute Gasteiger partial charge is 0.259 e. The maximum Gasteiger partial charge on any atom is 0.259 e. The van der Waals surface area contributed by atoms with E-state index in [1.54, 1.807) is 24.3 Å². The number of hydrogen-bond donors (Lipinski definition) is 2. The number of hydrogen-bond acceptors (Lipinski definition) is 7. The summed E-state index contributed by atoms with van der Waals surface area (Å²) in [5.74, 6) is 3.25. The number of benzene rings is 2. The Morgan fingerprint density at radius 1 is 1.09 bits per heavy atom. The molecule has 0 atom stereocenters. The minimum Gasteiger partial charge on any atom is -0.493 e. The standard InChI is InChI=1S/C22H22BrN3O6/c1-5-8-32-21-16(23)9-14(10-19(21)31-4)12-25-26-20(27)13-24-22(28)15-6-7-17(29-2)18(11-15)30-3/h1,6-7,9-12H,8,13H2,2-4H3,(H,24,28)(H,26,27)/b25-12-. The Kier molecular flexibility index (Phi) is 9.38. The monoisotopic (exact) mass is 503 g/mol. The lowest BCUT2D eigenvalue weighted by Gasteiger charge is -2.11. The van der Waals surface area contributed by atoms with Gasteiger partial charge < -0.3 is 24.3 Å². The van der Waals surface area contributed by atoms with E-state index in [1.807, 2.05) is 0 Å². The summed E-state index contributed by atoms with van der Waals surface area (Å²) in [6.45, 7) is -0.177. The molecule has 32 heavy (non-hydrogen) atoms. The molecule has 0 aromatic heterocycles. The van der Waals surface area contributed by atoms with Crippen LogP contribution in [0.4, 0.5) is 0 Å². The molecule has 0 radical (unpaired) electrons. The van der Waals surface area contributed by atoms with Crippen molar-refractivity contribution in [2.75, 3.05) is 34.5 Å². The molecule has 0 fully saturated rings. The zero-order chi connectivity index (χ0) is 23.5. The highest BCUT2D eigenvalue weighted by molar-refractivity contribution is 9.10. The number of rotatable bonds is 10. The second kappa shape index (κ2) is 12.2. The largest absolute Gasteiger partial charge is 0.493 e. The van der Waals surface area contributed by atoms with Crippen LogP contribution >= 0.6 is 15.9 Å². The second-order valence-corrected chi connectivity index (χ2v) is 6.93. The zero-order valence-corrected chi connectivity index (χ0v) is 19.3. The maximum absolute atomic E-state index is 12.3. The summed E-state index contributed by atoms with van der Waals surface area (Å²) in [5, 5.41) is 6.40. The first-order valence-corrected chi connectivity index (χ1v) is 9.98. The molecular formula is C22H22BrN3O6. The highest BCUT2D eigenvalue weighted by atomic mass is 79.9. The van der Waals surface area contributed by atoms with Crippen LogP contribution in [0.15, 0.2) is 39.9 Å². The summed E-state index contributed by atoms with van der Waals surface area (Å²) in [7, 11) is 4.46. The molecule has 2 aromatic carbocycles. The summed E-state index contributed by atoms with van der Waals surface area (Å²) in [6.07, 6.45) is 6.64. The summed E-state index contributed by atoms with van der Waals surface area (Å²) < 4.78 is 21.7. The summed E-state index contributed by atoms with van der Waals surface area (Å²) in [6, 6.07) is 8.09. The number of halogens is 1. The molecule has 0 bridgehead atoms. The van der Waals surface area contributed by atoms with Gasteiger partial charge in [0.05, 0.1) is 38.6 Å². The number of hydrazone groups is 1. The molecule has 0 heterocycles. The van der Waals surface area contributed by atoms with E-state index in [2.05, 4.69) is 37.7 Å². The number of carbonyl (C=O) groups is 2. The molecule has 0 aliphatic heterocycles. The highest BCUT2D eigenvalue weighted by Crippen LogP contribution is 2.36. The fraction of sp³-hybridized carbons (Fsp3) is 0.227. The average Bonchev–Trinajstić information content (AvgIpc) is 2.80. The Balaban J connectivity index is 1.93. The summed E-state index contributed by atoms with van der Waals surface area (Å²) >= 11 is 3.39. The summed E-state index contributed by atoms with van der Waals surface area (Å²) in [4.78, 5) is 24.3. The number of carbonyl (C=O) groups excluding carboxylic acids is 2. The lowest BCUT2D eigenvalue weighted by Crippen LogP contribution is -2.34. The normalized spacial score (nSPS) is 10.2. The fourth-order valence-electron chi connectivity index (χ4n) is 2.53. The van der Waals surface area contributed by atoms with E-state index in [0.29, 0.717) is 38.6 Å². The molecule has 0 saturated carbocycles. The maximum atomic E-state index is 12.3. The zero-order valence-electron chi connectivity index (χ0n) is 17.7. The molecule has 0 unspecified atom stereocenters. The molecule has 0 spiro atoms. The topological polar surface area (TPSA) is 107 Å². The minimum absolute atomic E-state index is 0.0908. The van der Waals surface area contributed by atoms with Gasteiger partial charge in [0.15, 0.2) is 23.0 Å². The summed E-state index contributed by atoms with van der Waals surface area (Å²) in [5.41, 5.74) is 3.30. The van der Waals surface area contributed by atoms with Crippen molar-refractivity contribution in [3.05, 3.63) is 45.9 Å². The van der Waals surface area contributed by atoms with Crippen LogP contribution in [0, 0.1) is 12.3 Å². The average molecular weight is 504 g/mol. The van der Waals surface area contributed by atoms with Crippen LogP contribution in [0.5, 0.6) is 23.0 Å². The van der Waals surface area contributed by atoms with Crippen molar-refractivity contribution in [3.63, 3.8) is 0 Å². The van der Waals surface area contributed by atoms with Crippen LogP contribution in [0.25, 0.3) is 0 Å². The number of amides is 2. The molecule has 10 heteroatoms. The van der Waals surface area contributed by atoms with Gasteiger partial charge in [0, 0.05) is 5.56 Å². The van der Waals surface area contributed by atoms with Crippen molar-refractivity contribution in [2.45, 2.75) is 0 Å². The molecular weight excluding hydrogens is 482 g/mol. The van der Waals surface area contributed by atoms with Gasteiger partial charge in [-0.25, -0.2) is 5.43 Å². The number of nitrogens with zero attached hydrogens (tertiary/aromatic N) is 1. The van der Waals surface area contributed by atoms with Crippen molar-refractivity contribution in [1.29, 1.82) is 0 Å². The van der Waals surface area contributed by atoms with Gasteiger partial charge in [-0.2, -0.15) is 5.10 Å². The SMILES string of the molecule is C#CCOc1c(Br)cc(/C=N\NC(=O)CNC(=O)c2ccc(OC)c(OC)c2)cc1OC. The number of terminal acetylenes is 1. The van der Waals surface area contributed by atoms with Crippen LogP contribution in [0.2, 0.25) is 0 Å². The third-order valence-electron chi connectivity index (χ3n) is 4.01. The van der Waals surface area contributed by atoms with Crippen molar-refractivity contribution < 1.29 is 28.5 Å². The molecule has 0 aliphatic carbocycles. The van der Waals surface area contributed by atoms with Gasteiger partial charge in [-0.1, -0.05) is 5.92 Å². The van der Waals surface area contributed by atoms with E-state index in [0.717, 1.165) is 0 Å². The molecule has 2 rings (SSSR count). The first kappa shape index (κ1) is 24.6. The first-order valence-electron chi connectivity index (χ1n) is 9.19. The number of ether oxygens (including phenoxy) is 4. The third-order valence-corrected chi connectivity index (χ3v) is 4.60.